The van der Waals surface area contributed by atoms with Crippen LogP contribution in [0.4, 0.5) is 8.78 Å². The van der Waals surface area contributed by atoms with Gasteiger partial charge in [-0.05, 0) is 130 Å². The summed E-state index contributed by atoms with van der Waals surface area (Å²) in [4.78, 5) is 0. The molecule has 6 heteroatoms. The molecule has 1 N–H and O–H groups in total. The maximum Gasteiger partial charge on any atom is 0.131 e. The average molecular weight is 677 g/mol. The number of halogens is 3. The van der Waals surface area contributed by atoms with Gasteiger partial charge in [0.15, 0.2) is 0 Å². The monoisotopic (exact) mass is 676 g/mol. The Balaban J connectivity index is 0.000000214. The first-order valence-corrected chi connectivity index (χ1v) is 17.0. The highest BCUT2D eigenvalue weighted by atomic mass is 35.5. The van der Waals surface area contributed by atoms with Crippen molar-refractivity contribution in [3.8, 4) is 33.8 Å². The fourth-order valence-corrected chi connectivity index (χ4v) is 7.05. The number of benzene rings is 4. The third kappa shape index (κ3) is 7.38. The molecule has 0 saturated heterocycles. The largest absolute Gasteiger partial charge is 0.497 e. The van der Waals surface area contributed by atoms with E-state index in [0.717, 1.165) is 59.1 Å². The molecule has 2 aliphatic rings. The summed E-state index contributed by atoms with van der Waals surface area (Å²) in [7, 11) is 3.17. The zero-order valence-electron chi connectivity index (χ0n) is 30.7. The van der Waals surface area contributed by atoms with Crippen LogP contribution in [0.25, 0.3) is 33.4 Å². The van der Waals surface area contributed by atoms with Gasteiger partial charge < -0.3 is 14.6 Å². The van der Waals surface area contributed by atoms with E-state index >= 15 is 0 Å². The maximum atomic E-state index is 14.5. The Kier molecular flexibility index (Phi) is 10.4. The van der Waals surface area contributed by atoms with Crippen LogP contribution in [-0.4, -0.2) is 19.3 Å². The number of aliphatic hydroxyl groups is 1. The van der Waals surface area contributed by atoms with Gasteiger partial charge in [-0.2, -0.15) is 0 Å². The van der Waals surface area contributed by atoms with E-state index in [1.807, 2.05) is 30.3 Å². The summed E-state index contributed by atoms with van der Waals surface area (Å²) in [5.41, 5.74) is 9.37. The van der Waals surface area contributed by atoms with Gasteiger partial charge >= 0.3 is 0 Å². The Morgan fingerprint density at radius 2 is 1.08 bits per heavy atom. The minimum absolute atomic E-state index is 0.0262. The molecule has 0 unspecified atom stereocenters. The number of alkyl halides is 1. The number of allylic oxidation sites excluding steroid dienone is 4. The number of aliphatic hydroxyl groups excluding tert-OH is 1. The van der Waals surface area contributed by atoms with Gasteiger partial charge in [-0.25, -0.2) is 8.78 Å². The zero-order chi connectivity index (χ0) is 36.6. The summed E-state index contributed by atoms with van der Waals surface area (Å²) in [5.74, 6) is 1.21. The first kappa shape index (κ1) is 34.0. The van der Waals surface area contributed by atoms with Gasteiger partial charge in [0.25, 0.3) is 0 Å². The number of hydrogen-bond acceptors (Lipinski definition) is 3. The highest BCUT2D eigenvalue weighted by Crippen LogP contribution is 2.49. The number of rotatable bonds is 8. The highest BCUT2D eigenvalue weighted by Gasteiger charge is 2.31. The van der Waals surface area contributed by atoms with E-state index < -0.39 is 0 Å². The van der Waals surface area contributed by atoms with Crippen LogP contribution in [0, 0.1) is 22.5 Å². The van der Waals surface area contributed by atoms with Gasteiger partial charge in [0.1, 0.15) is 23.1 Å². The van der Waals surface area contributed by atoms with Crippen molar-refractivity contribution in [1.82, 2.24) is 0 Å². The van der Waals surface area contributed by atoms with Crippen LogP contribution >= 0.6 is 11.6 Å². The standard InChI is InChI=1S/C21H22ClFO.C21H23FO2.H2/c1-21(2)10-4-5-19(21)17-11-14(13-22)6-8-16(17)18-12-15(24-3)7-9-20(18)23;1-21(2)10-4-5-19(21)17-11-14(13-23)6-8-16(17)18-12-15(24-3)7-9-20(18)22;/h5-9,11-12H,4,10,13H2,1-3H3;5-9,11-12,23H,4,10,13H2,1-3H3;1H/i;;1+2T. The maximum absolute atomic E-state index is 14.5. The molecule has 0 spiro atoms. The molecule has 3 nitrogen and oxygen atoms in total. The van der Waals surface area contributed by atoms with Crippen LogP contribution in [0.15, 0.2) is 84.9 Å². The van der Waals surface area contributed by atoms with Gasteiger partial charge in [-0.1, -0.05) is 64.1 Å². The van der Waals surface area contributed by atoms with Gasteiger partial charge in [-0.15, -0.1) is 11.6 Å². The molecule has 0 atom stereocenters. The molecule has 4 aromatic carbocycles. The summed E-state index contributed by atoms with van der Waals surface area (Å²) in [5, 5.41) is 9.52. The highest BCUT2D eigenvalue weighted by molar-refractivity contribution is 6.17. The molecule has 0 aliphatic heterocycles. The molecule has 0 bridgehead atoms. The van der Waals surface area contributed by atoms with Crippen LogP contribution in [0.5, 0.6) is 11.5 Å². The lowest BCUT2D eigenvalue weighted by Crippen LogP contribution is -2.10. The molecule has 4 aromatic rings. The van der Waals surface area contributed by atoms with Crippen LogP contribution in [0.2, 0.25) is 0 Å². The Morgan fingerprint density at radius 3 is 1.46 bits per heavy atom. The second-order valence-electron chi connectivity index (χ2n) is 13.8. The van der Waals surface area contributed by atoms with Crippen molar-refractivity contribution in [2.45, 2.75) is 65.9 Å². The van der Waals surface area contributed by atoms with Gasteiger partial charge in [-0.3, -0.25) is 0 Å². The molecular formula is C42H47ClF2O3. The third-order valence-electron chi connectivity index (χ3n) is 9.71. The van der Waals surface area contributed by atoms with E-state index in [1.165, 1.54) is 23.3 Å². The fraction of sp³-hybridized carbons (Fsp3) is 0.333. The normalized spacial score (nSPS) is 16.3. The predicted octanol–water partition coefficient (Wildman–Crippen LogP) is 11.9. The minimum atomic E-state index is -0.273. The molecule has 0 saturated carbocycles. The van der Waals surface area contributed by atoms with Crippen molar-refractivity contribution >= 4 is 22.7 Å². The zero-order valence-corrected chi connectivity index (χ0v) is 29.5. The first-order chi connectivity index (χ1) is 23.9. The van der Waals surface area contributed by atoms with E-state index in [0.29, 0.717) is 28.5 Å². The second kappa shape index (κ2) is 14.7. The third-order valence-corrected chi connectivity index (χ3v) is 10.0. The van der Waals surface area contributed by atoms with Crippen LogP contribution < -0.4 is 9.47 Å². The second-order valence-corrected chi connectivity index (χ2v) is 14.1. The molecule has 0 heterocycles. The SMILES string of the molecule is COc1ccc(F)c(-c2ccc(CCl)cc2C2=CCCC2(C)C)c1.COc1ccc(F)c(-c2ccc(CO)cc2C2=CCCC2(C)C)c1.[3H][3H]. The van der Waals surface area contributed by atoms with E-state index in [-0.39, 0.29) is 29.1 Å². The van der Waals surface area contributed by atoms with Gasteiger partial charge in [0.05, 0.1) is 20.8 Å². The van der Waals surface area contributed by atoms with E-state index in [4.69, 9.17) is 24.0 Å². The Bertz CT molecular complexity index is 1730. The fourth-order valence-electron chi connectivity index (χ4n) is 6.88. The van der Waals surface area contributed by atoms with E-state index in [9.17, 15) is 13.9 Å². The molecule has 6 rings (SSSR count). The van der Waals surface area contributed by atoms with Crippen molar-refractivity contribution in [2.75, 3.05) is 14.2 Å². The minimum Gasteiger partial charge on any atom is -0.497 e. The van der Waals surface area contributed by atoms with Gasteiger partial charge in [0, 0.05) is 20.0 Å². The molecule has 2 aliphatic carbocycles. The van der Waals surface area contributed by atoms with Gasteiger partial charge in [0.2, 0.25) is 0 Å². The van der Waals surface area contributed by atoms with Crippen LogP contribution in [-0.2, 0) is 12.5 Å². The molecule has 0 aromatic heterocycles. The Labute approximate surface area is 292 Å². The first-order valence-electron chi connectivity index (χ1n) is 17.4. The molecular weight excluding hydrogens is 626 g/mol. The summed E-state index contributed by atoms with van der Waals surface area (Å²) in [6.07, 6.45) is 8.76. The lowest BCUT2D eigenvalue weighted by atomic mass is 9.79. The summed E-state index contributed by atoms with van der Waals surface area (Å²) in [6, 6.07) is 21.4. The van der Waals surface area contributed by atoms with Crippen molar-refractivity contribution in [2.24, 2.45) is 10.8 Å². The number of methoxy groups -OCH3 is 2. The smallest absolute Gasteiger partial charge is 0.131 e. The van der Waals surface area contributed by atoms with Crippen LogP contribution in [0.1, 0.15) is 78.6 Å². The summed E-state index contributed by atoms with van der Waals surface area (Å²) < 4.78 is 49.6. The van der Waals surface area contributed by atoms with Crippen molar-refractivity contribution < 1.29 is 26.3 Å². The molecule has 254 valence electrons. The Morgan fingerprint density at radius 1 is 0.646 bits per heavy atom. The van der Waals surface area contributed by atoms with Crippen molar-refractivity contribution in [1.29, 1.82) is 0 Å². The van der Waals surface area contributed by atoms with Crippen molar-refractivity contribution in [3.05, 3.63) is 119 Å². The number of hydrogen-bond donors (Lipinski definition) is 1. The van der Waals surface area contributed by atoms with E-state index in [2.05, 4.69) is 45.9 Å². The molecule has 0 amide bonds. The lowest BCUT2D eigenvalue weighted by Gasteiger charge is -2.25. The van der Waals surface area contributed by atoms with E-state index in [1.54, 1.807) is 38.5 Å². The lowest BCUT2D eigenvalue weighted by molar-refractivity contribution is 0.282. The summed E-state index contributed by atoms with van der Waals surface area (Å²) in [6.45, 7) is 8.88. The topological polar surface area (TPSA) is 38.7 Å². The quantitative estimate of drug-likeness (QED) is 0.189. The molecule has 48 heavy (non-hydrogen) atoms. The molecule has 0 fully saturated rings. The average Bonchev–Trinajstić information content (AvgIpc) is 3.68. The van der Waals surface area contributed by atoms with Crippen LogP contribution in [0.3, 0.4) is 0 Å². The number of ether oxygens (including phenoxy) is 2. The Hall–Kier alpha value is -3.93. The predicted molar refractivity (Wildman–Crippen MR) is 196 cm³/mol. The van der Waals surface area contributed by atoms with Crippen molar-refractivity contribution in [3.63, 3.8) is 0 Å². The summed E-state index contributed by atoms with van der Waals surface area (Å²) >= 11 is 6.04. The molecule has 0 radical (unpaired) electrons.